The molecule has 1 heterocycles. The van der Waals surface area contributed by atoms with Crippen LogP contribution in [0, 0.1) is 19.7 Å². The maximum Gasteiger partial charge on any atom is 0.132 e. The molecule has 112 valence electrons. The smallest absolute Gasteiger partial charge is 0.132 e. The van der Waals surface area contributed by atoms with Crippen molar-refractivity contribution >= 4 is 0 Å². The highest BCUT2D eigenvalue weighted by molar-refractivity contribution is 5.37. The van der Waals surface area contributed by atoms with Crippen molar-refractivity contribution in [3.63, 3.8) is 0 Å². The van der Waals surface area contributed by atoms with Crippen molar-refractivity contribution in [3.05, 3.63) is 58.7 Å². The van der Waals surface area contributed by atoms with Gasteiger partial charge in [0, 0.05) is 17.8 Å². The zero-order valence-corrected chi connectivity index (χ0v) is 12.9. The van der Waals surface area contributed by atoms with Crippen molar-refractivity contribution in [1.82, 2.24) is 10.3 Å². The monoisotopic (exact) mass is 288 g/mol. The first kappa shape index (κ1) is 15.4. The number of halogens is 1. The predicted octanol–water partition coefficient (Wildman–Crippen LogP) is 3.55. The second-order valence-corrected chi connectivity index (χ2v) is 5.09. The van der Waals surface area contributed by atoms with Crippen LogP contribution in [0.1, 0.15) is 35.3 Å². The van der Waals surface area contributed by atoms with Gasteiger partial charge in [0.25, 0.3) is 0 Å². The Hall–Kier alpha value is -1.94. The Labute approximate surface area is 125 Å². The lowest BCUT2D eigenvalue weighted by atomic mass is 9.98. The molecule has 1 aromatic carbocycles. The van der Waals surface area contributed by atoms with Crippen molar-refractivity contribution in [1.29, 1.82) is 0 Å². The van der Waals surface area contributed by atoms with Crippen molar-refractivity contribution in [2.75, 3.05) is 13.7 Å². The largest absolute Gasteiger partial charge is 0.497 e. The van der Waals surface area contributed by atoms with Crippen LogP contribution in [0.4, 0.5) is 4.39 Å². The van der Waals surface area contributed by atoms with Gasteiger partial charge < -0.3 is 10.1 Å². The van der Waals surface area contributed by atoms with Crippen LogP contribution in [0.3, 0.4) is 0 Å². The van der Waals surface area contributed by atoms with Crippen LogP contribution < -0.4 is 10.1 Å². The summed E-state index contributed by atoms with van der Waals surface area (Å²) < 4.78 is 19.4. The Balaban J connectivity index is 2.48. The average molecular weight is 288 g/mol. The number of nitrogens with one attached hydrogen (secondary N) is 1. The molecule has 0 spiro atoms. The van der Waals surface area contributed by atoms with Crippen LogP contribution in [0.5, 0.6) is 5.75 Å². The van der Waals surface area contributed by atoms with E-state index in [-0.39, 0.29) is 11.9 Å². The number of hydrogen-bond acceptors (Lipinski definition) is 3. The summed E-state index contributed by atoms with van der Waals surface area (Å²) in [5, 5.41) is 3.31. The lowest BCUT2D eigenvalue weighted by Gasteiger charge is -2.21. The molecule has 1 atom stereocenters. The number of aryl methyl sites for hydroxylation is 2. The molecule has 1 aromatic heterocycles. The molecule has 0 aliphatic rings. The standard InChI is InChI=1S/C17H21FN2O/c1-5-19-17(16-12(3)8-11(2)10-20-16)14-7-6-13(21-4)9-15(14)18/h6-10,17,19H,5H2,1-4H3. The molecule has 3 nitrogen and oxygen atoms in total. The average Bonchev–Trinajstić information content (AvgIpc) is 2.46. The summed E-state index contributed by atoms with van der Waals surface area (Å²) in [7, 11) is 1.53. The lowest BCUT2D eigenvalue weighted by molar-refractivity contribution is 0.410. The molecular weight excluding hydrogens is 267 g/mol. The minimum atomic E-state index is -0.290. The van der Waals surface area contributed by atoms with E-state index in [0.717, 1.165) is 23.4 Å². The van der Waals surface area contributed by atoms with Gasteiger partial charge in [-0.1, -0.05) is 19.1 Å². The van der Waals surface area contributed by atoms with Gasteiger partial charge in [0.05, 0.1) is 18.8 Å². The summed E-state index contributed by atoms with van der Waals surface area (Å²) in [5.41, 5.74) is 3.58. The predicted molar refractivity (Wildman–Crippen MR) is 82.2 cm³/mol. The molecule has 0 fully saturated rings. The van der Waals surface area contributed by atoms with Gasteiger partial charge in [0.15, 0.2) is 0 Å². The fraction of sp³-hybridized carbons (Fsp3) is 0.353. The third-order valence-electron chi connectivity index (χ3n) is 3.46. The molecular formula is C17H21FN2O. The highest BCUT2D eigenvalue weighted by Crippen LogP contribution is 2.28. The lowest BCUT2D eigenvalue weighted by Crippen LogP contribution is -2.24. The van der Waals surface area contributed by atoms with E-state index in [1.807, 2.05) is 27.0 Å². The van der Waals surface area contributed by atoms with Crippen LogP contribution in [0.15, 0.2) is 30.5 Å². The van der Waals surface area contributed by atoms with Gasteiger partial charge in [-0.05, 0) is 37.6 Å². The molecule has 0 aliphatic heterocycles. The van der Waals surface area contributed by atoms with Crippen molar-refractivity contribution in [3.8, 4) is 5.75 Å². The SMILES string of the molecule is CCNC(c1ccc(OC)cc1F)c1ncc(C)cc1C. The van der Waals surface area contributed by atoms with Gasteiger partial charge in [-0.3, -0.25) is 4.98 Å². The van der Waals surface area contributed by atoms with Crippen LogP contribution in [0.2, 0.25) is 0 Å². The first-order valence-corrected chi connectivity index (χ1v) is 7.06. The summed E-state index contributed by atoms with van der Waals surface area (Å²) in [6, 6.07) is 6.73. The first-order chi connectivity index (χ1) is 10.1. The van der Waals surface area contributed by atoms with E-state index in [1.54, 1.807) is 12.1 Å². The number of methoxy groups -OCH3 is 1. The Kier molecular flexibility index (Phi) is 4.91. The normalized spacial score (nSPS) is 12.2. The minimum absolute atomic E-state index is 0.262. The fourth-order valence-corrected chi connectivity index (χ4v) is 2.46. The second-order valence-electron chi connectivity index (χ2n) is 5.09. The molecule has 21 heavy (non-hydrogen) atoms. The van der Waals surface area contributed by atoms with E-state index in [2.05, 4.69) is 16.4 Å². The van der Waals surface area contributed by atoms with Crippen molar-refractivity contribution in [2.24, 2.45) is 0 Å². The second kappa shape index (κ2) is 6.68. The number of benzene rings is 1. The van der Waals surface area contributed by atoms with E-state index >= 15 is 0 Å². The van der Waals surface area contributed by atoms with Crippen molar-refractivity contribution < 1.29 is 9.13 Å². The fourth-order valence-electron chi connectivity index (χ4n) is 2.46. The molecule has 0 aliphatic carbocycles. The number of pyridine rings is 1. The number of rotatable bonds is 5. The van der Waals surface area contributed by atoms with Gasteiger partial charge in [-0.25, -0.2) is 4.39 Å². The van der Waals surface area contributed by atoms with Gasteiger partial charge in [0.2, 0.25) is 0 Å². The van der Waals surface area contributed by atoms with E-state index < -0.39 is 0 Å². The van der Waals surface area contributed by atoms with Crippen molar-refractivity contribution in [2.45, 2.75) is 26.8 Å². The Bertz CT molecular complexity index is 628. The number of hydrogen-bond donors (Lipinski definition) is 1. The molecule has 0 amide bonds. The molecule has 0 bridgehead atoms. The highest BCUT2D eigenvalue weighted by Gasteiger charge is 2.20. The molecule has 2 aromatic rings. The maximum atomic E-state index is 14.4. The van der Waals surface area contributed by atoms with Crippen LogP contribution in [-0.2, 0) is 0 Å². The Morgan fingerprint density at radius 2 is 2.05 bits per heavy atom. The topological polar surface area (TPSA) is 34.1 Å². The highest BCUT2D eigenvalue weighted by atomic mass is 19.1. The van der Waals surface area contributed by atoms with E-state index in [4.69, 9.17) is 4.74 Å². The zero-order chi connectivity index (χ0) is 15.4. The van der Waals surface area contributed by atoms with Gasteiger partial charge in [-0.15, -0.1) is 0 Å². The van der Waals surface area contributed by atoms with Crippen LogP contribution in [0.25, 0.3) is 0 Å². The van der Waals surface area contributed by atoms with Gasteiger partial charge in [0.1, 0.15) is 11.6 Å². The summed E-state index contributed by atoms with van der Waals surface area (Å²) in [6.07, 6.45) is 1.81. The maximum absolute atomic E-state index is 14.4. The molecule has 2 rings (SSSR count). The molecule has 1 unspecified atom stereocenters. The number of ether oxygens (including phenoxy) is 1. The number of nitrogens with zero attached hydrogens (tertiary/aromatic N) is 1. The first-order valence-electron chi connectivity index (χ1n) is 7.06. The van der Waals surface area contributed by atoms with E-state index in [1.165, 1.54) is 13.2 Å². The van der Waals surface area contributed by atoms with Gasteiger partial charge >= 0.3 is 0 Å². The summed E-state index contributed by atoms with van der Waals surface area (Å²) in [5.74, 6) is 0.224. The molecule has 4 heteroatoms. The third-order valence-corrected chi connectivity index (χ3v) is 3.46. The molecule has 0 radical (unpaired) electrons. The quantitative estimate of drug-likeness (QED) is 0.913. The number of aromatic nitrogens is 1. The Morgan fingerprint density at radius 1 is 1.29 bits per heavy atom. The van der Waals surface area contributed by atoms with Gasteiger partial charge in [-0.2, -0.15) is 0 Å². The Morgan fingerprint density at radius 3 is 2.62 bits per heavy atom. The molecule has 1 N–H and O–H groups in total. The van der Waals surface area contributed by atoms with Crippen LogP contribution >= 0.6 is 0 Å². The summed E-state index contributed by atoms with van der Waals surface area (Å²) in [6.45, 7) is 6.73. The third kappa shape index (κ3) is 3.39. The van der Waals surface area contributed by atoms with Crippen LogP contribution in [-0.4, -0.2) is 18.6 Å². The molecule has 0 saturated heterocycles. The van der Waals surface area contributed by atoms with E-state index in [0.29, 0.717) is 11.3 Å². The zero-order valence-electron chi connectivity index (χ0n) is 12.9. The minimum Gasteiger partial charge on any atom is -0.497 e. The van der Waals surface area contributed by atoms with E-state index in [9.17, 15) is 4.39 Å². The summed E-state index contributed by atoms with van der Waals surface area (Å²) >= 11 is 0. The summed E-state index contributed by atoms with van der Waals surface area (Å²) in [4.78, 5) is 4.50. The molecule has 0 saturated carbocycles.